The quantitative estimate of drug-likeness (QED) is 0.771. The van der Waals surface area contributed by atoms with E-state index in [9.17, 15) is 4.79 Å². The third kappa shape index (κ3) is 2.38. The summed E-state index contributed by atoms with van der Waals surface area (Å²) in [5.74, 6) is 0.148. The molecule has 1 aromatic rings. The molecule has 3 nitrogen and oxygen atoms in total. The zero-order chi connectivity index (χ0) is 12.5. The van der Waals surface area contributed by atoms with E-state index in [1.807, 2.05) is 29.2 Å². The van der Waals surface area contributed by atoms with Crippen LogP contribution in [0.2, 0.25) is 5.02 Å². The van der Waals surface area contributed by atoms with Crippen molar-refractivity contribution in [2.45, 2.75) is 31.5 Å². The highest BCUT2D eigenvalue weighted by Gasteiger charge is 2.47. The van der Waals surface area contributed by atoms with Crippen molar-refractivity contribution in [1.82, 2.24) is 4.90 Å². The number of halogens is 1. The lowest BCUT2D eigenvalue weighted by atomic mass is 10.1. The van der Waals surface area contributed by atoms with E-state index in [1.165, 1.54) is 6.42 Å². The lowest BCUT2D eigenvalue weighted by Gasteiger charge is -2.26. The smallest absolute Gasteiger partial charge is 0.254 e. The van der Waals surface area contributed by atoms with Gasteiger partial charge in [0.1, 0.15) is 6.10 Å². The first-order valence-corrected chi connectivity index (χ1v) is 6.83. The monoisotopic (exact) mass is 265 g/mol. The number of nitrogens with zero attached hydrogens (tertiary/aromatic N) is 1. The molecule has 1 amide bonds. The minimum absolute atomic E-state index is 0.0725. The Bertz CT molecular complexity index is 440. The van der Waals surface area contributed by atoms with Crippen molar-refractivity contribution < 1.29 is 9.53 Å². The minimum atomic E-state index is -0.274. The second-order valence-corrected chi connectivity index (χ2v) is 5.35. The van der Waals surface area contributed by atoms with E-state index in [0.717, 1.165) is 31.5 Å². The lowest BCUT2D eigenvalue weighted by Crippen LogP contribution is -2.38. The highest BCUT2D eigenvalue weighted by Crippen LogP contribution is 2.40. The number of piperidine rings is 1. The number of carbonyl (C=O) groups is 1. The number of ether oxygens (including phenoxy) is 1. The number of carbonyl (C=O) groups excluding carboxylic acids is 1. The zero-order valence-electron chi connectivity index (χ0n) is 10.1. The molecule has 0 radical (unpaired) electrons. The minimum Gasteiger partial charge on any atom is -0.354 e. The van der Waals surface area contributed by atoms with E-state index in [2.05, 4.69) is 0 Å². The summed E-state index contributed by atoms with van der Waals surface area (Å²) in [5, 5.41) is 0.707. The van der Waals surface area contributed by atoms with Crippen LogP contribution >= 0.6 is 11.6 Å². The van der Waals surface area contributed by atoms with E-state index >= 15 is 0 Å². The van der Waals surface area contributed by atoms with Crippen LogP contribution in [-0.4, -0.2) is 30.0 Å². The standard InChI is InChI=1S/C14H16ClNO2/c15-11-6-4-10(5-7-11)12-13(18-12)14(17)16-8-2-1-3-9-16/h4-7,12-13H,1-3,8-9H2/t12-,13-/m1/s1. The first-order valence-electron chi connectivity index (χ1n) is 6.45. The number of hydrogen-bond donors (Lipinski definition) is 0. The molecule has 2 atom stereocenters. The molecule has 0 aliphatic carbocycles. The molecule has 3 rings (SSSR count). The molecule has 2 fully saturated rings. The normalized spacial score (nSPS) is 27.1. The van der Waals surface area contributed by atoms with Crippen LogP contribution in [-0.2, 0) is 9.53 Å². The largest absolute Gasteiger partial charge is 0.354 e. The third-order valence-corrected chi connectivity index (χ3v) is 3.85. The Morgan fingerprint density at radius 2 is 1.83 bits per heavy atom. The summed E-state index contributed by atoms with van der Waals surface area (Å²) in [6.07, 6.45) is 3.12. The molecule has 1 aromatic carbocycles. The van der Waals surface area contributed by atoms with Crippen molar-refractivity contribution in [3.8, 4) is 0 Å². The van der Waals surface area contributed by atoms with Gasteiger partial charge in [0.25, 0.3) is 5.91 Å². The molecule has 0 unspecified atom stereocenters. The number of likely N-dealkylation sites (tertiary alicyclic amines) is 1. The van der Waals surface area contributed by atoms with E-state index in [0.29, 0.717) is 5.02 Å². The zero-order valence-corrected chi connectivity index (χ0v) is 10.9. The molecule has 0 saturated carbocycles. The van der Waals surface area contributed by atoms with Crippen LogP contribution in [0.5, 0.6) is 0 Å². The van der Waals surface area contributed by atoms with Crippen molar-refractivity contribution in [2.75, 3.05) is 13.1 Å². The highest BCUT2D eigenvalue weighted by atomic mass is 35.5. The van der Waals surface area contributed by atoms with Crippen LogP contribution < -0.4 is 0 Å². The molecule has 0 aromatic heterocycles. The van der Waals surface area contributed by atoms with Crippen LogP contribution in [0.3, 0.4) is 0 Å². The molecule has 0 N–H and O–H groups in total. The Hall–Kier alpha value is -1.06. The van der Waals surface area contributed by atoms with Gasteiger partial charge in [-0.3, -0.25) is 4.79 Å². The van der Waals surface area contributed by atoms with Gasteiger partial charge in [0.2, 0.25) is 0 Å². The van der Waals surface area contributed by atoms with Crippen molar-refractivity contribution in [2.24, 2.45) is 0 Å². The summed E-state index contributed by atoms with van der Waals surface area (Å²) in [5.41, 5.74) is 1.04. The van der Waals surface area contributed by atoms with Gasteiger partial charge in [-0.1, -0.05) is 23.7 Å². The number of benzene rings is 1. The predicted octanol–water partition coefficient (Wildman–Crippen LogP) is 2.79. The van der Waals surface area contributed by atoms with Gasteiger partial charge >= 0.3 is 0 Å². The molecule has 2 heterocycles. The van der Waals surface area contributed by atoms with Gasteiger partial charge in [-0.25, -0.2) is 0 Å². The fourth-order valence-electron chi connectivity index (χ4n) is 2.50. The van der Waals surface area contributed by atoms with Gasteiger partial charge in [-0.05, 0) is 37.0 Å². The average Bonchev–Trinajstić information content (AvgIpc) is 3.20. The summed E-state index contributed by atoms with van der Waals surface area (Å²) in [7, 11) is 0. The van der Waals surface area contributed by atoms with Crippen LogP contribution in [0.1, 0.15) is 30.9 Å². The molecule has 4 heteroatoms. The maximum Gasteiger partial charge on any atom is 0.254 e. The fraction of sp³-hybridized carbons (Fsp3) is 0.500. The molecule has 0 bridgehead atoms. The van der Waals surface area contributed by atoms with E-state index in [-0.39, 0.29) is 18.1 Å². The topological polar surface area (TPSA) is 32.8 Å². The van der Waals surface area contributed by atoms with Crippen LogP contribution in [0.15, 0.2) is 24.3 Å². The maximum atomic E-state index is 12.2. The van der Waals surface area contributed by atoms with Crippen LogP contribution in [0.25, 0.3) is 0 Å². The van der Waals surface area contributed by atoms with Crippen LogP contribution in [0, 0.1) is 0 Å². The average molecular weight is 266 g/mol. The fourth-order valence-corrected chi connectivity index (χ4v) is 2.63. The number of hydrogen-bond acceptors (Lipinski definition) is 2. The van der Waals surface area contributed by atoms with Gasteiger partial charge in [0.05, 0.1) is 0 Å². The Morgan fingerprint density at radius 1 is 1.17 bits per heavy atom. The number of amides is 1. The van der Waals surface area contributed by atoms with Crippen molar-refractivity contribution in [3.63, 3.8) is 0 Å². The summed E-state index contributed by atoms with van der Waals surface area (Å²) in [6, 6.07) is 7.52. The van der Waals surface area contributed by atoms with Crippen LogP contribution in [0.4, 0.5) is 0 Å². The molecule has 18 heavy (non-hydrogen) atoms. The van der Waals surface area contributed by atoms with Gasteiger partial charge in [-0.15, -0.1) is 0 Å². The van der Waals surface area contributed by atoms with Gasteiger partial charge in [0.15, 0.2) is 6.10 Å². The second kappa shape index (κ2) is 4.90. The molecule has 2 aliphatic rings. The van der Waals surface area contributed by atoms with Gasteiger partial charge in [0, 0.05) is 18.1 Å². The predicted molar refractivity (Wildman–Crippen MR) is 69.5 cm³/mol. The van der Waals surface area contributed by atoms with E-state index in [1.54, 1.807) is 0 Å². The van der Waals surface area contributed by atoms with Gasteiger partial charge < -0.3 is 9.64 Å². The third-order valence-electron chi connectivity index (χ3n) is 3.60. The molecule has 2 saturated heterocycles. The van der Waals surface area contributed by atoms with Crippen molar-refractivity contribution in [3.05, 3.63) is 34.9 Å². The Balaban J connectivity index is 1.63. The first-order chi connectivity index (χ1) is 8.75. The first kappa shape index (κ1) is 12.0. The Morgan fingerprint density at radius 3 is 2.50 bits per heavy atom. The summed E-state index contributed by atoms with van der Waals surface area (Å²) in [4.78, 5) is 14.1. The summed E-state index contributed by atoms with van der Waals surface area (Å²) in [6.45, 7) is 1.76. The van der Waals surface area contributed by atoms with Crippen molar-refractivity contribution >= 4 is 17.5 Å². The summed E-state index contributed by atoms with van der Waals surface area (Å²) >= 11 is 5.84. The maximum absolute atomic E-state index is 12.2. The Kier molecular flexibility index (Phi) is 3.27. The SMILES string of the molecule is O=C([C@@H]1O[C@@H]1c1ccc(Cl)cc1)N1CCCCC1. The second-order valence-electron chi connectivity index (χ2n) is 4.91. The van der Waals surface area contributed by atoms with E-state index in [4.69, 9.17) is 16.3 Å². The highest BCUT2D eigenvalue weighted by molar-refractivity contribution is 6.30. The molecule has 2 aliphatic heterocycles. The molecular weight excluding hydrogens is 250 g/mol. The lowest BCUT2D eigenvalue weighted by molar-refractivity contribution is -0.133. The Labute approximate surface area is 112 Å². The summed E-state index contributed by atoms with van der Waals surface area (Å²) < 4.78 is 5.52. The molecule has 96 valence electrons. The van der Waals surface area contributed by atoms with Crippen molar-refractivity contribution in [1.29, 1.82) is 0 Å². The molecular formula is C14H16ClNO2. The van der Waals surface area contributed by atoms with Gasteiger partial charge in [-0.2, -0.15) is 0 Å². The number of rotatable bonds is 2. The molecule has 0 spiro atoms. The van der Waals surface area contributed by atoms with E-state index < -0.39 is 0 Å². The number of epoxide rings is 1.